The lowest BCUT2D eigenvalue weighted by atomic mass is 9.99. The second-order valence-electron chi connectivity index (χ2n) is 5.41. The maximum atomic E-state index is 12.6. The molecule has 1 aromatic carbocycles. The zero-order valence-electron chi connectivity index (χ0n) is 13.0. The van der Waals surface area contributed by atoms with Crippen molar-refractivity contribution in [2.24, 2.45) is 0 Å². The Balaban J connectivity index is 2.78. The highest BCUT2D eigenvalue weighted by molar-refractivity contribution is 5.92. The number of alkyl halides is 3. The number of aliphatic hydroxyl groups excluding tert-OH is 1. The van der Waals surface area contributed by atoms with Gasteiger partial charge < -0.3 is 15.2 Å². The Hall–Kier alpha value is -1.86. The van der Waals surface area contributed by atoms with Crippen LogP contribution in [-0.2, 0) is 15.7 Å². The summed E-state index contributed by atoms with van der Waals surface area (Å²) < 4.78 is 42.9. The molecule has 1 amide bonds. The highest BCUT2D eigenvalue weighted by Crippen LogP contribution is 2.29. The molecule has 0 aliphatic rings. The van der Waals surface area contributed by atoms with Crippen LogP contribution >= 0.6 is 0 Å². The molecular weight excluding hydrogens is 311 g/mol. The first-order valence-corrected chi connectivity index (χ1v) is 6.97. The molecule has 2 N–H and O–H groups in total. The van der Waals surface area contributed by atoms with E-state index in [1.165, 1.54) is 25.3 Å². The number of ether oxygens (including phenoxy) is 1. The van der Waals surface area contributed by atoms with E-state index in [0.717, 1.165) is 18.2 Å². The van der Waals surface area contributed by atoms with Crippen molar-refractivity contribution in [3.63, 3.8) is 0 Å². The van der Waals surface area contributed by atoms with E-state index in [0.29, 0.717) is 6.42 Å². The van der Waals surface area contributed by atoms with Crippen molar-refractivity contribution >= 4 is 12.0 Å². The standard InChI is InChI=1S/C16H20F3NO3/c1-15(8-9-21,11-23-2)20-14(22)7-6-12-4-3-5-13(10-12)16(17,18)19/h3-7,10,21H,8-9,11H2,1-2H3,(H,20,22)/b7-6+. The Morgan fingerprint density at radius 1 is 1.39 bits per heavy atom. The predicted molar refractivity (Wildman–Crippen MR) is 80.6 cm³/mol. The predicted octanol–water partition coefficient (Wildman–Crippen LogP) is 2.62. The highest BCUT2D eigenvalue weighted by atomic mass is 19.4. The van der Waals surface area contributed by atoms with Gasteiger partial charge in [0.25, 0.3) is 0 Å². The second kappa shape index (κ2) is 8.12. The number of carbonyl (C=O) groups excluding carboxylic acids is 1. The van der Waals surface area contributed by atoms with Gasteiger partial charge in [-0.05, 0) is 37.1 Å². The van der Waals surface area contributed by atoms with Crippen LogP contribution in [0.1, 0.15) is 24.5 Å². The number of hydrogen-bond donors (Lipinski definition) is 2. The summed E-state index contributed by atoms with van der Waals surface area (Å²) >= 11 is 0. The van der Waals surface area contributed by atoms with Gasteiger partial charge in [0.15, 0.2) is 0 Å². The fourth-order valence-electron chi connectivity index (χ4n) is 2.07. The van der Waals surface area contributed by atoms with Crippen molar-refractivity contribution in [3.05, 3.63) is 41.5 Å². The van der Waals surface area contributed by atoms with Crippen LogP contribution in [0.3, 0.4) is 0 Å². The molecule has 0 aliphatic carbocycles. The van der Waals surface area contributed by atoms with Crippen LogP contribution in [0.2, 0.25) is 0 Å². The lowest BCUT2D eigenvalue weighted by Gasteiger charge is -2.28. The van der Waals surface area contributed by atoms with Crippen molar-refractivity contribution in [2.45, 2.75) is 25.1 Å². The third-order valence-corrected chi connectivity index (χ3v) is 3.19. The van der Waals surface area contributed by atoms with E-state index < -0.39 is 23.2 Å². The number of halogens is 3. The highest BCUT2D eigenvalue weighted by Gasteiger charge is 2.30. The van der Waals surface area contributed by atoms with Crippen LogP contribution in [-0.4, -0.2) is 36.9 Å². The topological polar surface area (TPSA) is 58.6 Å². The Kier molecular flexibility index (Phi) is 6.78. The fourth-order valence-corrected chi connectivity index (χ4v) is 2.07. The second-order valence-corrected chi connectivity index (χ2v) is 5.41. The minimum Gasteiger partial charge on any atom is -0.396 e. The molecule has 0 spiro atoms. The van der Waals surface area contributed by atoms with Crippen LogP contribution in [0.25, 0.3) is 6.08 Å². The van der Waals surface area contributed by atoms with Crippen LogP contribution in [0.15, 0.2) is 30.3 Å². The number of rotatable bonds is 7. The molecule has 0 radical (unpaired) electrons. The number of hydrogen-bond acceptors (Lipinski definition) is 3. The van der Waals surface area contributed by atoms with E-state index in [1.54, 1.807) is 6.92 Å². The molecule has 0 aliphatic heterocycles. The van der Waals surface area contributed by atoms with Crippen LogP contribution in [0, 0.1) is 0 Å². The van der Waals surface area contributed by atoms with E-state index in [1.807, 2.05) is 0 Å². The Morgan fingerprint density at radius 3 is 2.65 bits per heavy atom. The van der Waals surface area contributed by atoms with Gasteiger partial charge in [-0.1, -0.05) is 12.1 Å². The van der Waals surface area contributed by atoms with Crippen molar-refractivity contribution in [1.82, 2.24) is 5.32 Å². The Morgan fingerprint density at radius 2 is 2.09 bits per heavy atom. The minimum atomic E-state index is -4.43. The molecule has 0 saturated heterocycles. The molecule has 1 aromatic rings. The van der Waals surface area contributed by atoms with Crippen molar-refractivity contribution in [3.8, 4) is 0 Å². The summed E-state index contributed by atoms with van der Waals surface area (Å²) in [7, 11) is 1.47. The summed E-state index contributed by atoms with van der Waals surface area (Å²) in [6, 6.07) is 4.68. The number of nitrogens with one attached hydrogen (secondary N) is 1. The Bertz CT molecular complexity index is 550. The summed E-state index contributed by atoms with van der Waals surface area (Å²) in [6.07, 6.45) is -1.67. The van der Waals surface area contributed by atoms with E-state index in [-0.39, 0.29) is 18.8 Å². The van der Waals surface area contributed by atoms with Crippen molar-refractivity contribution < 1.29 is 27.8 Å². The van der Waals surface area contributed by atoms with E-state index in [9.17, 15) is 18.0 Å². The maximum Gasteiger partial charge on any atom is 0.416 e. The first kappa shape index (κ1) is 19.2. The molecule has 1 unspecified atom stereocenters. The minimum absolute atomic E-state index is 0.127. The summed E-state index contributed by atoms with van der Waals surface area (Å²) in [5.74, 6) is -0.476. The summed E-state index contributed by atoms with van der Waals surface area (Å²) in [5, 5.41) is 11.7. The Labute approximate surface area is 133 Å². The molecule has 128 valence electrons. The molecule has 0 heterocycles. The molecule has 1 atom stereocenters. The van der Waals surface area contributed by atoms with Gasteiger partial charge in [-0.2, -0.15) is 13.2 Å². The summed E-state index contributed by atoms with van der Waals surface area (Å²) in [6.45, 7) is 1.79. The lowest BCUT2D eigenvalue weighted by molar-refractivity contribution is -0.137. The molecule has 1 rings (SSSR count). The third-order valence-electron chi connectivity index (χ3n) is 3.19. The van der Waals surface area contributed by atoms with Crippen LogP contribution in [0.4, 0.5) is 13.2 Å². The smallest absolute Gasteiger partial charge is 0.396 e. The van der Waals surface area contributed by atoms with E-state index >= 15 is 0 Å². The third kappa shape index (κ3) is 6.42. The number of methoxy groups -OCH3 is 1. The molecule has 4 nitrogen and oxygen atoms in total. The van der Waals surface area contributed by atoms with Gasteiger partial charge in [0.1, 0.15) is 0 Å². The van der Waals surface area contributed by atoms with Crippen LogP contribution in [0.5, 0.6) is 0 Å². The number of aliphatic hydroxyl groups is 1. The van der Waals surface area contributed by atoms with Gasteiger partial charge in [-0.15, -0.1) is 0 Å². The lowest BCUT2D eigenvalue weighted by Crippen LogP contribution is -2.49. The van der Waals surface area contributed by atoms with E-state index in [4.69, 9.17) is 9.84 Å². The number of carbonyl (C=O) groups is 1. The number of benzene rings is 1. The zero-order chi connectivity index (χ0) is 17.5. The molecule has 23 heavy (non-hydrogen) atoms. The number of amides is 1. The summed E-state index contributed by atoms with van der Waals surface area (Å²) in [5.41, 5.74) is -1.26. The molecule has 0 bridgehead atoms. The van der Waals surface area contributed by atoms with Gasteiger partial charge in [0.05, 0.1) is 17.7 Å². The van der Waals surface area contributed by atoms with Gasteiger partial charge in [-0.25, -0.2) is 0 Å². The molecular formula is C16H20F3NO3. The fraction of sp³-hybridized carbons (Fsp3) is 0.438. The van der Waals surface area contributed by atoms with Crippen molar-refractivity contribution in [1.29, 1.82) is 0 Å². The van der Waals surface area contributed by atoms with E-state index in [2.05, 4.69) is 5.32 Å². The summed E-state index contributed by atoms with van der Waals surface area (Å²) in [4.78, 5) is 11.9. The molecule has 7 heteroatoms. The van der Waals surface area contributed by atoms with Gasteiger partial charge in [0.2, 0.25) is 5.91 Å². The van der Waals surface area contributed by atoms with Crippen LogP contribution < -0.4 is 5.32 Å². The SMILES string of the molecule is COCC(C)(CCO)NC(=O)/C=C/c1cccc(C(F)(F)F)c1. The van der Waals surface area contributed by atoms with Gasteiger partial charge >= 0.3 is 6.18 Å². The van der Waals surface area contributed by atoms with Gasteiger partial charge in [-0.3, -0.25) is 4.79 Å². The first-order valence-electron chi connectivity index (χ1n) is 6.97. The molecule has 0 aromatic heterocycles. The molecule has 0 saturated carbocycles. The largest absolute Gasteiger partial charge is 0.416 e. The normalized spacial score (nSPS) is 14.7. The van der Waals surface area contributed by atoms with Crippen molar-refractivity contribution in [2.75, 3.05) is 20.3 Å². The molecule has 0 fully saturated rings. The zero-order valence-corrected chi connectivity index (χ0v) is 13.0. The first-order chi connectivity index (χ1) is 10.7. The average Bonchev–Trinajstić information content (AvgIpc) is 2.45. The van der Waals surface area contributed by atoms with Gasteiger partial charge in [0, 0.05) is 19.8 Å². The quantitative estimate of drug-likeness (QED) is 0.755. The average molecular weight is 331 g/mol. The monoisotopic (exact) mass is 331 g/mol. The maximum absolute atomic E-state index is 12.6.